The summed E-state index contributed by atoms with van der Waals surface area (Å²) in [7, 11) is 1.59. The number of carbonyl (C=O) groups is 1. The molecule has 17 heavy (non-hydrogen) atoms. The van der Waals surface area contributed by atoms with E-state index < -0.39 is 5.60 Å². The van der Waals surface area contributed by atoms with E-state index in [-0.39, 0.29) is 5.78 Å². The Morgan fingerprint density at radius 2 is 1.82 bits per heavy atom. The number of hydrogen-bond donors (Lipinski definition) is 0. The van der Waals surface area contributed by atoms with Crippen molar-refractivity contribution in [2.45, 2.75) is 51.6 Å². The van der Waals surface area contributed by atoms with Crippen molar-refractivity contribution in [2.75, 3.05) is 7.11 Å². The van der Waals surface area contributed by atoms with Gasteiger partial charge in [-0.05, 0) is 24.5 Å². The third-order valence-corrected chi connectivity index (χ3v) is 3.26. The molecule has 2 nitrogen and oxygen atoms in total. The summed E-state index contributed by atoms with van der Waals surface area (Å²) in [5.41, 5.74) is -0.766. The monoisotopic (exact) mass is 236 g/mol. The van der Waals surface area contributed by atoms with Crippen LogP contribution in [-0.2, 0) is 9.53 Å². The summed E-state index contributed by atoms with van der Waals surface area (Å²) in [6.07, 6.45) is 12.6. The fourth-order valence-electron chi connectivity index (χ4n) is 2.10. The summed E-state index contributed by atoms with van der Waals surface area (Å²) in [5, 5.41) is 0. The SMILES string of the molecule is COC1(C(=O)CCCCCC(C)C)C=CC=C1. The predicted molar refractivity (Wildman–Crippen MR) is 71.0 cm³/mol. The average Bonchev–Trinajstić information content (AvgIpc) is 2.77. The molecule has 0 aromatic heterocycles. The molecule has 0 heterocycles. The first-order valence-corrected chi connectivity index (χ1v) is 6.56. The third kappa shape index (κ3) is 4.12. The molecule has 0 saturated carbocycles. The fourth-order valence-corrected chi connectivity index (χ4v) is 2.10. The van der Waals surface area contributed by atoms with Crippen molar-refractivity contribution in [2.24, 2.45) is 5.92 Å². The molecule has 0 N–H and O–H groups in total. The standard InChI is InChI=1S/C15H24O2/c1-13(2)9-5-4-6-10-14(16)15(17-3)11-7-8-12-15/h7-8,11-13H,4-6,9-10H2,1-3H3. The molecule has 0 saturated heterocycles. The van der Waals surface area contributed by atoms with Crippen LogP contribution in [0.3, 0.4) is 0 Å². The van der Waals surface area contributed by atoms with Gasteiger partial charge < -0.3 is 4.74 Å². The first-order valence-electron chi connectivity index (χ1n) is 6.56. The Bertz CT molecular complexity index is 288. The van der Waals surface area contributed by atoms with Gasteiger partial charge in [0.2, 0.25) is 0 Å². The lowest BCUT2D eigenvalue weighted by Gasteiger charge is -2.21. The van der Waals surface area contributed by atoms with Crippen LogP contribution in [0.2, 0.25) is 0 Å². The van der Waals surface area contributed by atoms with E-state index in [0.717, 1.165) is 18.8 Å². The molecule has 0 atom stereocenters. The molecule has 2 heteroatoms. The Balaban J connectivity index is 2.25. The van der Waals surface area contributed by atoms with Gasteiger partial charge in [0.15, 0.2) is 11.4 Å². The summed E-state index contributed by atoms with van der Waals surface area (Å²) in [6.45, 7) is 4.47. The van der Waals surface area contributed by atoms with Gasteiger partial charge in [0, 0.05) is 13.5 Å². The molecule has 0 fully saturated rings. The van der Waals surface area contributed by atoms with Crippen molar-refractivity contribution in [1.82, 2.24) is 0 Å². The first-order chi connectivity index (χ1) is 8.10. The molecule has 1 rings (SSSR count). The summed E-state index contributed by atoms with van der Waals surface area (Å²) in [6, 6.07) is 0. The van der Waals surface area contributed by atoms with Crippen molar-refractivity contribution >= 4 is 5.78 Å². The second-order valence-corrected chi connectivity index (χ2v) is 5.13. The predicted octanol–water partition coefficient (Wildman–Crippen LogP) is 3.67. The van der Waals surface area contributed by atoms with E-state index in [1.807, 2.05) is 24.3 Å². The molecule has 0 bridgehead atoms. The van der Waals surface area contributed by atoms with Gasteiger partial charge in [0.1, 0.15) is 0 Å². The fraction of sp³-hybridized carbons (Fsp3) is 0.667. The number of allylic oxidation sites excluding steroid dienone is 2. The highest BCUT2D eigenvalue weighted by molar-refractivity contribution is 5.92. The average molecular weight is 236 g/mol. The van der Waals surface area contributed by atoms with Crippen LogP contribution < -0.4 is 0 Å². The number of methoxy groups -OCH3 is 1. The maximum absolute atomic E-state index is 12.1. The van der Waals surface area contributed by atoms with Crippen LogP contribution in [0.5, 0.6) is 0 Å². The topological polar surface area (TPSA) is 26.3 Å². The van der Waals surface area contributed by atoms with Crippen LogP contribution in [0.25, 0.3) is 0 Å². The second-order valence-electron chi connectivity index (χ2n) is 5.13. The molecular weight excluding hydrogens is 212 g/mol. The van der Waals surface area contributed by atoms with Gasteiger partial charge in [0.25, 0.3) is 0 Å². The van der Waals surface area contributed by atoms with E-state index in [2.05, 4.69) is 13.8 Å². The van der Waals surface area contributed by atoms with Gasteiger partial charge in [-0.15, -0.1) is 0 Å². The highest BCUT2D eigenvalue weighted by Gasteiger charge is 2.33. The Hall–Kier alpha value is -0.890. The Morgan fingerprint density at radius 3 is 2.35 bits per heavy atom. The maximum atomic E-state index is 12.1. The number of ketones is 1. The van der Waals surface area contributed by atoms with Crippen LogP contribution in [0, 0.1) is 5.92 Å². The van der Waals surface area contributed by atoms with Gasteiger partial charge >= 0.3 is 0 Å². The molecule has 96 valence electrons. The van der Waals surface area contributed by atoms with E-state index in [9.17, 15) is 4.79 Å². The largest absolute Gasteiger partial charge is 0.362 e. The second kappa shape index (κ2) is 6.75. The highest BCUT2D eigenvalue weighted by Crippen LogP contribution is 2.23. The van der Waals surface area contributed by atoms with E-state index >= 15 is 0 Å². The zero-order valence-corrected chi connectivity index (χ0v) is 11.2. The molecule has 0 spiro atoms. The number of hydrogen-bond acceptors (Lipinski definition) is 2. The zero-order chi connectivity index (χ0) is 12.7. The lowest BCUT2D eigenvalue weighted by Crippen LogP contribution is -2.35. The van der Waals surface area contributed by atoms with Crippen molar-refractivity contribution in [3.8, 4) is 0 Å². The van der Waals surface area contributed by atoms with Crippen molar-refractivity contribution in [3.63, 3.8) is 0 Å². The maximum Gasteiger partial charge on any atom is 0.172 e. The molecule has 0 aromatic carbocycles. The number of Topliss-reactive ketones (excluding diaryl/α,β-unsaturated/α-hetero) is 1. The quantitative estimate of drug-likeness (QED) is 0.601. The molecule has 1 aliphatic carbocycles. The number of unbranched alkanes of at least 4 members (excludes halogenated alkanes) is 2. The molecule has 0 unspecified atom stereocenters. The van der Waals surface area contributed by atoms with Crippen molar-refractivity contribution in [3.05, 3.63) is 24.3 Å². The first kappa shape index (κ1) is 14.2. The zero-order valence-electron chi connectivity index (χ0n) is 11.2. The smallest absolute Gasteiger partial charge is 0.172 e. The minimum absolute atomic E-state index is 0.176. The summed E-state index contributed by atoms with van der Waals surface area (Å²) >= 11 is 0. The Kier molecular flexibility index (Phi) is 5.63. The summed E-state index contributed by atoms with van der Waals surface area (Å²) in [5.74, 6) is 0.936. The van der Waals surface area contributed by atoms with E-state index in [1.54, 1.807) is 7.11 Å². The lowest BCUT2D eigenvalue weighted by molar-refractivity contribution is -0.131. The van der Waals surface area contributed by atoms with Crippen LogP contribution in [0.15, 0.2) is 24.3 Å². The Labute approximate surface area is 105 Å². The van der Waals surface area contributed by atoms with Gasteiger partial charge in [0.05, 0.1) is 0 Å². The van der Waals surface area contributed by atoms with Crippen LogP contribution in [-0.4, -0.2) is 18.5 Å². The summed E-state index contributed by atoms with van der Waals surface area (Å²) < 4.78 is 5.33. The van der Waals surface area contributed by atoms with Crippen LogP contribution in [0.1, 0.15) is 46.0 Å². The Morgan fingerprint density at radius 1 is 1.18 bits per heavy atom. The normalized spacial score (nSPS) is 16.9. The lowest BCUT2D eigenvalue weighted by atomic mass is 9.95. The molecule has 0 aromatic rings. The van der Waals surface area contributed by atoms with Gasteiger partial charge in [-0.25, -0.2) is 0 Å². The van der Waals surface area contributed by atoms with Crippen LogP contribution in [0.4, 0.5) is 0 Å². The van der Waals surface area contributed by atoms with Crippen LogP contribution >= 0.6 is 0 Å². The number of carbonyl (C=O) groups excluding carboxylic acids is 1. The molecule has 1 aliphatic rings. The van der Waals surface area contributed by atoms with E-state index in [1.165, 1.54) is 12.8 Å². The molecular formula is C15H24O2. The van der Waals surface area contributed by atoms with Gasteiger partial charge in [-0.3, -0.25) is 4.79 Å². The molecule has 0 radical (unpaired) electrons. The highest BCUT2D eigenvalue weighted by atomic mass is 16.5. The van der Waals surface area contributed by atoms with Gasteiger partial charge in [-0.2, -0.15) is 0 Å². The van der Waals surface area contributed by atoms with Gasteiger partial charge in [-0.1, -0.05) is 45.3 Å². The third-order valence-electron chi connectivity index (χ3n) is 3.26. The number of rotatable bonds is 8. The van der Waals surface area contributed by atoms with E-state index in [0.29, 0.717) is 6.42 Å². The number of ether oxygens (including phenoxy) is 1. The van der Waals surface area contributed by atoms with Crippen molar-refractivity contribution in [1.29, 1.82) is 0 Å². The minimum Gasteiger partial charge on any atom is -0.362 e. The van der Waals surface area contributed by atoms with Crippen molar-refractivity contribution < 1.29 is 9.53 Å². The van der Waals surface area contributed by atoms with E-state index in [4.69, 9.17) is 4.74 Å². The summed E-state index contributed by atoms with van der Waals surface area (Å²) in [4.78, 5) is 12.1. The molecule has 0 aliphatic heterocycles. The minimum atomic E-state index is -0.766. The molecule has 0 amide bonds.